The Morgan fingerprint density at radius 3 is 1.73 bits per heavy atom. The van der Waals surface area contributed by atoms with E-state index in [9.17, 15) is 5.11 Å². The van der Waals surface area contributed by atoms with Gasteiger partial charge >= 0.3 is 0 Å². The van der Waals surface area contributed by atoms with E-state index in [1.807, 2.05) is 78.9 Å². The number of benzene rings is 3. The van der Waals surface area contributed by atoms with Crippen molar-refractivity contribution in [2.45, 2.75) is 5.92 Å². The van der Waals surface area contributed by atoms with Gasteiger partial charge in [0.05, 0.1) is 25.8 Å². The minimum atomic E-state index is -0.196. The maximum Gasteiger partial charge on any atom is 0.214 e. The predicted molar refractivity (Wildman–Crippen MR) is 116 cm³/mol. The molecule has 0 aliphatic heterocycles. The molecule has 3 aromatic carbocycles. The van der Waals surface area contributed by atoms with Crippen LogP contribution in [-0.2, 0) is 0 Å². The summed E-state index contributed by atoms with van der Waals surface area (Å²) in [4.78, 5) is 9.04. The smallest absolute Gasteiger partial charge is 0.214 e. The van der Waals surface area contributed by atoms with E-state index in [4.69, 9.17) is 14.5 Å². The molecule has 0 saturated carbocycles. The summed E-state index contributed by atoms with van der Waals surface area (Å²) in [6.07, 6.45) is 0. The zero-order valence-electron chi connectivity index (χ0n) is 16.8. The molecule has 0 unspecified atom stereocenters. The first kappa shape index (κ1) is 19.5. The fourth-order valence-electron chi connectivity index (χ4n) is 3.44. The lowest BCUT2D eigenvalue weighted by molar-refractivity contribution is 0.414. The maximum absolute atomic E-state index is 10.4. The highest BCUT2D eigenvalue weighted by molar-refractivity contribution is 5.56. The molecule has 5 nitrogen and oxygen atoms in total. The second-order valence-corrected chi connectivity index (χ2v) is 6.82. The van der Waals surface area contributed by atoms with Crippen LogP contribution >= 0.6 is 0 Å². The van der Waals surface area contributed by atoms with Crippen molar-refractivity contribution in [3.63, 3.8) is 0 Å². The van der Waals surface area contributed by atoms with Gasteiger partial charge in [0.25, 0.3) is 0 Å². The largest absolute Gasteiger partial charge is 0.497 e. The van der Waals surface area contributed by atoms with Gasteiger partial charge in [-0.05, 0) is 35.4 Å². The molecule has 0 saturated heterocycles. The van der Waals surface area contributed by atoms with Gasteiger partial charge in [-0.3, -0.25) is 0 Å². The quantitative estimate of drug-likeness (QED) is 0.493. The van der Waals surface area contributed by atoms with E-state index in [1.165, 1.54) is 0 Å². The summed E-state index contributed by atoms with van der Waals surface area (Å²) in [5.74, 6) is 1.78. The van der Waals surface area contributed by atoms with E-state index in [1.54, 1.807) is 20.3 Å². The summed E-state index contributed by atoms with van der Waals surface area (Å²) in [6.45, 7) is 0. The minimum Gasteiger partial charge on any atom is -0.497 e. The molecule has 1 N–H and O–H groups in total. The maximum atomic E-state index is 10.4. The Morgan fingerprint density at radius 1 is 0.700 bits per heavy atom. The number of hydrogen-bond donors (Lipinski definition) is 1. The summed E-state index contributed by atoms with van der Waals surface area (Å²) in [5, 5.41) is 10.4. The summed E-state index contributed by atoms with van der Waals surface area (Å²) in [7, 11) is 3.29. The highest BCUT2D eigenvalue weighted by Gasteiger charge is 2.21. The van der Waals surface area contributed by atoms with E-state index in [0.29, 0.717) is 11.5 Å². The van der Waals surface area contributed by atoms with Crippen LogP contribution in [0.25, 0.3) is 11.4 Å². The molecular formula is C25H22N2O3. The first-order chi connectivity index (χ1) is 14.7. The molecule has 0 radical (unpaired) electrons. The SMILES string of the molecule is COc1ccc(C(c2ccc(OC)cc2)c2cc(O)nc(-c3ccccc3)n2)cc1. The highest BCUT2D eigenvalue weighted by Crippen LogP contribution is 2.34. The molecule has 30 heavy (non-hydrogen) atoms. The molecule has 0 aliphatic carbocycles. The van der Waals surface area contributed by atoms with Crippen LogP contribution in [0, 0.1) is 0 Å². The van der Waals surface area contributed by atoms with E-state index in [0.717, 1.165) is 28.2 Å². The van der Waals surface area contributed by atoms with E-state index >= 15 is 0 Å². The Hall–Kier alpha value is -3.86. The Labute approximate surface area is 175 Å². The molecule has 0 amide bonds. The van der Waals surface area contributed by atoms with Gasteiger partial charge in [-0.2, -0.15) is 4.98 Å². The van der Waals surface area contributed by atoms with Crippen LogP contribution in [0.1, 0.15) is 22.7 Å². The summed E-state index contributed by atoms with van der Waals surface area (Å²) >= 11 is 0. The number of rotatable bonds is 6. The fourth-order valence-corrected chi connectivity index (χ4v) is 3.44. The fraction of sp³-hybridized carbons (Fsp3) is 0.120. The Kier molecular flexibility index (Phi) is 5.61. The van der Waals surface area contributed by atoms with E-state index in [2.05, 4.69) is 4.98 Å². The van der Waals surface area contributed by atoms with Crippen molar-refractivity contribution < 1.29 is 14.6 Å². The van der Waals surface area contributed by atoms with Crippen LogP contribution in [0.3, 0.4) is 0 Å². The van der Waals surface area contributed by atoms with Crippen molar-refractivity contribution in [1.29, 1.82) is 0 Å². The van der Waals surface area contributed by atoms with Gasteiger partial charge in [0, 0.05) is 11.6 Å². The van der Waals surface area contributed by atoms with Crippen LogP contribution < -0.4 is 9.47 Å². The van der Waals surface area contributed by atoms with Gasteiger partial charge in [-0.25, -0.2) is 4.98 Å². The lowest BCUT2D eigenvalue weighted by Crippen LogP contribution is -2.07. The molecule has 4 aromatic rings. The standard InChI is InChI=1S/C25H22N2O3/c1-29-20-12-8-17(9-13-20)24(18-10-14-21(30-2)15-11-18)22-16-23(28)27-25(26-22)19-6-4-3-5-7-19/h3-16,24H,1-2H3,(H,26,27,28). The van der Waals surface area contributed by atoms with Gasteiger partial charge in [-0.1, -0.05) is 54.6 Å². The van der Waals surface area contributed by atoms with Crippen molar-refractivity contribution in [1.82, 2.24) is 9.97 Å². The van der Waals surface area contributed by atoms with Gasteiger partial charge in [0.1, 0.15) is 11.5 Å². The van der Waals surface area contributed by atoms with Crippen LogP contribution in [0.5, 0.6) is 17.4 Å². The lowest BCUT2D eigenvalue weighted by atomic mass is 9.88. The number of ether oxygens (including phenoxy) is 2. The van der Waals surface area contributed by atoms with Crippen LogP contribution in [-0.4, -0.2) is 29.3 Å². The van der Waals surface area contributed by atoms with Crippen molar-refractivity contribution in [3.8, 4) is 28.8 Å². The van der Waals surface area contributed by atoms with Crippen LogP contribution in [0.4, 0.5) is 0 Å². The average Bonchev–Trinajstić information content (AvgIpc) is 2.80. The molecule has 0 atom stereocenters. The Bertz CT molecular complexity index is 1060. The Morgan fingerprint density at radius 2 is 1.23 bits per heavy atom. The van der Waals surface area contributed by atoms with Gasteiger partial charge in [-0.15, -0.1) is 0 Å². The zero-order chi connectivity index (χ0) is 20.9. The third-order valence-corrected chi connectivity index (χ3v) is 4.96. The number of nitrogens with zero attached hydrogens (tertiary/aromatic N) is 2. The number of aromatic nitrogens is 2. The third-order valence-electron chi connectivity index (χ3n) is 4.96. The topological polar surface area (TPSA) is 64.5 Å². The van der Waals surface area contributed by atoms with Crippen molar-refractivity contribution in [2.75, 3.05) is 14.2 Å². The molecule has 0 bridgehead atoms. The number of aromatic hydroxyl groups is 1. The molecule has 150 valence electrons. The average molecular weight is 398 g/mol. The molecular weight excluding hydrogens is 376 g/mol. The lowest BCUT2D eigenvalue weighted by Gasteiger charge is -2.19. The molecule has 0 fully saturated rings. The summed E-state index contributed by atoms with van der Waals surface area (Å²) in [6, 6.07) is 27.0. The second kappa shape index (κ2) is 8.66. The van der Waals surface area contributed by atoms with Crippen LogP contribution in [0.15, 0.2) is 84.9 Å². The highest BCUT2D eigenvalue weighted by atomic mass is 16.5. The first-order valence-corrected chi connectivity index (χ1v) is 9.59. The predicted octanol–water partition coefficient (Wildman–Crippen LogP) is 5.05. The molecule has 1 aromatic heterocycles. The zero-order valence-corrected chi connectivity index (χ0v) is 16.8. The Balaban J connectivity index is 1.85. The van der Waals surface area contributed by atoms with Crippen molar-refractivity contribution in [3.05, 3.63) is 102 Å². The normalized spacial score (nSPS) is 10.8. The summed E-state index contributed by atoms with van der Waals surface area (Å²) < 4.78 is 10.6. The minimum absolute atomic E-state index is 0.0640. The monoisotopic (exact) mass is 398 g/mol. The first-order valence-electron chi connectivity index (χ1n) is 9.59. The molecule has 1 heterocycles. The summed E-state index contributed by atoms with van der Waals surface area (Å²) in [5.41, 5.74) is 3.60. The van der Waals surface area contributed by atoms with E-state index in [-0.39, 0.29) is 11.8 Å². The molecule has 4 rings (SSSR count). The van der Waals surface area contributed by atoms with Crippen molar-refractivity contribution >= 4 is 0 Å². The molecule has 0 aliphatic rings. The van der Waals surface area contributed by atoms with Gasteiger partial charge in [0.15, 0.2) is 5.82 Å². The molecule has 5 heteroatoms. The number of hydrogen-bond acceptors (Lipinski definition) is 5. The van der Waals surface area contributed by atoms with Gasteiger partial charge < -0.3 is 14.6 Å². The van der Waals surface area contributed by atoms with Crippen LogP contribution in [0.2, 0.25) is 0 Å². The molecule has 0 spiro atoms. The van der Waals surface area contributed by atoms with Gasteiger partial charge in [0.2, 0.25) is 5.88 Å². The van der Waals surface area contributed by atoms with Crippen molar-refractivity contribution in [2.24, 2.45) is 0 Å². The van der Waals surface area contributed by atoms with E-state index < -0.39 is 0 Å². The third kappa shape index (κ3) is 4.10. The second-order valence-electron chi connectivity index (χ2n) is 6.82. The number of methoxy groups -OCH3 is 2.